The first-order valence-electron chi connectivity index (χ1n) is 7.90. The largest absolute Gasteiger partial charge is 0.356 e. The predicted molar refractivity (Wildman–Crippen MR) is 96.8 cm³/mol. The van der Waals surface area contributed by atoms with Crippen LogP contribution in [0.4, 0.5) is 0 Å². The summed E-state index contributed by atoms with van der Waals surface area (Å²) in [6, 6.07) is 14.4. The van der Waals surface area contributed by atoms with Crippen LogP contribution < -0.4 is 0 Å². The first-order chi connectivity index (χ1) is 12.1. The lowest BCUT2D eigenvalue weighted by atomic mass is 10.00. The molecule has 25 heavy (non-hydrogen) atoms. The van der Waals surface area contributed by atoms with Crippen molar-refractivity contribution in [3.05, 3.63) is 75.4 Å². The van der Waals surface area contributed by atoms with Gasteiger partial charge in [0.25, 0.3) is 5.91 Å². The molecule has 1 aliphatic rings. The SMILES string of the molecule is O=C(c1cccc(Cl)c1)N1CCc2c(noc2-c2ccc(Cl)cc2)C1. The van der Waals surface area contributed by atoms with Crippen LogP contribution in [0.1, 0.15) is 21.6 Å². The quantitative estimate of drug-likeness (QED) is 0.645. The Hall–Kier alpha value is -2.30. The van der Waals surface area contributed by atoms with E-state index in [2.05, 4.69) is 5.16 Å². The molecule has 0 bridgehead atoms. The highest BCUT2D eigenvalue weighted by Crippen LogP contribution is 2.31. The van der Waals surface area contributed by atoms with Gasteiger partial charge in [0.05, 0.1) is 6.54 Å². The second kappa shape index (κ2) is 6.54. The monoisotopic (exact) mass is 372 g/mol. The average Bonchev–Trinajstić information content (AvgIpc) is 3.05. The number of carbonyl (C=O) groups is 1. The molecule has 1 aliphatic heterocycles. The van der Waals surface area contributed by atoms with Crippen LogP contribution in [-0.4, -0.2) is 22.5 Å². The summed E-state index contributed by atoms with van der Waals surface area (Å²) in [7, 11) is 0. The van der Waals surface area contributed by atoms with E-state index >= 15 is 0 Å². The van der Waals surface area contributed by atoms with Crippen LogP contribution in [0.2, 0.25) is 10.0 Å². The van der Waals surface area contributed by atoms with Crippen LogP contribution in [0.15, 0.2) is 53.1 Å². The summed E-state index contributed by atoms with van der Waals surface area (Å²) >= 11 is 11.9. The fourth-order valence-corrected chi connectivity index (χ4v) is 3.35. The van der Waals surface area contributed by atoms with E-state index in [1.807, 2.05) is 24.3 Å². The topological polar surface area (TPSA) is 46.3 Å². The van der Waals surface area contributed by atoms with Crippen molar-refractivity contribution in [3.63, 3.8) is 0 Å². The second-order valence-corrected chi connectivity index (χ2v) is 6.80. The third kappa shape index (κ3) is 3.15. The summed E-state index contributed by atoms with van der Waals surface area (Å²) in [5, 5.41) is 5.40. The van der Waals surface area contributed by atoms with Crippen molar-refractivity contribution in [1.82, 2.24) is 10.1 Å². The van der Waals surface area contributed by atoms with Crippen molar-refractivity contribution >= 4 is 29.1 Å². The highest BCUT2D eigenvalue weighted by molar-refractivity contribution is 6.31. The van der Waals surface area contributed by atoms with Crippen molar-refractivity contribution in [2.45, 2.75) is 13.0 Å². The van der Waals surface area contributed by atoms with E-state index in [0.29, 0.717) is 35.1 Å². The van der Waals surface area contributed by atoms with E-state index in [4.69, 9.17) is 27.7 Å². The number of carbonyl (C=O) groups excluding carboxylic acids is 1. The molecule has 2 heterocycles. The summed E-state index contributed by atoms with van der Waals surface area (Å²) in [6.45, 7) is 1.04. The van der Waals surface area contributed by atoms with Crippen LogP contribution in [-0.2, 0) is 13.0 Å². The summed E-state index contributed by atoms with van der Waals surface area (Å²) in [4.78, 5) is 14.4. The Morgan fingerprint density at radius 3 is 2.64 bits per heavy atom. The van der Waals surface area contributed by atoms with Crippen LogP contribution in [0, 0.1) is 0 Å². The van der Waals surface area contributed by atoms with E-state index in [1.54, 1.807) is 29.2 Å². The number of halogens is 2. The van der Waals surface area contributed by atoms with E-state index in [9.17, 15) is 4.79 Å². The Kier molecular flexibility index (Phi) is 4.24. The Morgan fingerprint density at radius 1 is 1.08 bits per heavy atom. The molecule has 0 N–H and O–H groups in total. The van der Waals surface area contributed by atoms with Gasteiger partial charge in [-0.2, -0.15) is 0 Å². The van der Waals surface area contributed by atoms with E-state index in [0.717, 1.165) is 22.6 Å². The maximum Gasteiger partial charge on any atom is 0.254 e. The summed E-state index contributed by atoms with van der Waals surface area (Å²) in [5.41, 5.74) is 3.37. The minimum Gasteiger partial charge on any atom is -0.356 e. The van der Waals surface area contributed by atoms with Gasteiger partial charge in [-0.1, -0.05) is 34.4 Å². The van der Waals surface area contributed by atoms with Crippen molar-refractivity contribution in [3.8, 4) is 11.3 Å². The van der Waals surface area contributed by atoms with Gasteiger partial charge >= 0.3 is 0 Å². The molecular weight excluding hydrogens is 359 g/mol. The molecule has 0 radical (unpaired) electrons. The Labute approximate surface area is 154 Å². The van der Waals surface area contributed by atoms with Gasteiger partial charge in [0.2, 0.25) is 0 Å². The molecular formula is C19H14Cl2N2O2. The molecule has 1 amide bonds. The third-order valence-corrected chi connectivity index (χ3v) is 4.79. The Bertz CT molecular complexity index is 935. The van der Waals surface area contributed by atoms with Gasteiger partial charge in [-0.3, -0.25) is 4.79 Å². The Balaban J connectivity index is 1.58. The van der Waals surface area contributed by atoms with Crippen LogP contribution in [0.3, 0.4) is 0 Å². The number of nitrogens with zero attached hydrogens (tertiary/aromatic N) is 2. The lowest BCUT2D eigenvalue weighted by molar-refractivity contribution is 0.0731. The van der Waals surface area contributed by atoms with Gasteiger partial charge in [0, 0.05) is 33.3 Å². The fourth-order valence-electron chi connectivity index (χ4n) is 3.04. The van der Waals surface area contributed by atoms with Crippen molar-refractivity contribution in [2.24, 2.45) is 0 Å². The number of fused-ring (bicyclic) bond motifs is 1. The molecule has 0 atom stereocenters. The zero-order valence-corrected chi connectivity index (χ0v) is 14.7. The van der Waals surface area contributed by atoms with Gasteiger partial charge in [-0.15, -0.1) is 0 Å². The fraction of sp³-hybridized carbons (Fsp3) is 0.158. The molecule has 0 saturated carbocycles. The van der Waals surface area contributed by atoms with E-state index in [-0.39, 0.29) is 5.91 Å². The molecule has 2 aromatic carbocycles. The molecule has 6 heteroatoms. The van der Waals surface area contributed by atoms with Crippen LogP contribution >= 0.6 is 23.2 Å². The predicted octanol–water partition coefficient (Wildman–Crippen LogP) is 4.85. The number of benzene rings is 2. The average molecular weight is 373 g/mol. The van der Waals surface area contributed by atoms with E-state index in [1.165, 1.54) is 0 Å². The van der Waals surface area contributed by atoms with Crippen LogP contribution in [0.25, 0.3) is 11.3 Å². The molecule has 126 valence electrons. The summed E-state index contributed by atoms with van der Waals surface area (Å²) < 4.78 is 5.54. The zero-order valence-electron chi connectivity index (χ0n) is 13.2. The molecule has 0 aliphatic carbocycles. The highest BCUT2D eigenvalue weighted by atomic mass is 35.5. The number of amides is 1. The number of hydrogen-bond donors (Lipinski definition) is 0. The van der Waals surface area contributed by atoms with Crippen molar-refractivity contribution in [2.75, 3.05) is 6.54 Å². The number of rotatable bonds is 2. The maximum atomic E-state index is 12.7. The summed E-state index contributed by atoms with van der Waals surface area (Å²) in [5.74, 6) is 0.700. The smallest absolute Gasteiger partial charge is 0.254 e. The lowest BCUT2D eigenvalue weighted by Gasteiger charge is -2.26. The summed E-state index contributed by atoms with van der Waals surface area (Å²) in [6.07, 6.45) is 0.698. The van der Waals surface area contributed by atoms with Crippen LogP contribution in [0.5, 0.6) is 0 Å². The number of aromatic nitrogens is 1. The minimum atomic E-state index is -0.0517. The molecule has 1 aromatic heterocycles. The number of hydrogen-bond acceptors (Lipinski definition) is 3. The minimum absolute atomic E-state index is 0.0517. The molecule has 0 fully saturated rings. The lowest BCUT2D eigenvalue weighted by Crippen LogP contribution is -2.35. The van der Waals surface area contributed by atoms with Crippen molar-refractivity contribution < 1.29 is 9.32 Å². The molecule has 0 spiro atoms. The third-order valence-electron chi connectivity index (χ3n) is 4.31. The first kappa shape index (κ1) is 16.2. The molecule has 3 aromatic rings. The van der Waals surface area contributed by atoms with Gasteiger partial charge in [-0.05, 0) is 48.9 Å². The molecule has 4 rings (SSSR count). The molecule has 0 saturated heterocycles. The van der Waals surface area contributed by atoms with Gasteiger partial charge in [0.1, 0.15) is 5.69 Å². The Morgan fingerprint density at radius 2 is 1.88 bits per heavy atom. The standard InChI is InChI=1S/C19H14Cl2N2O2/c20-14-6-4-12(5-7-14)18-16-8-9-23(11-17(16)22-25-18)19(24)13-2-1-3-15(21)10-13/h1-7,10H,8-9,11H2. The van der Waals surface area contributed by atoms with Gasteiger partial charge < -0.3 is 9.42 Å². The van der Waals surface area contributed by atoms with Crippen molar-refractivity contribution in [1.29, 1.82) is 0 Å². The zero-order chi connectivity index (χ0) is 17.4. The molecule has 4 nitrogen and oxygen atoms in total. The van der Waals surface area contributed by atoms with Gasteiger partial charge in [-0.25, -0.2) is 0 Å². The van der Waals surface area contributed by atoms with Gasteiger partial charge in [0.15, 0.2) is 5.76 Å². The van der Waals surface area contributed by atoms with E-state index < -0.39 is 0 Å². The normalized spacial score (nSPS) is 13.6. The molecule has 0 unspecified atom stereocenters. The second-order valence-electron chi connectivity index (χ2n) is 5.93. The first-order valence-corrected chi connectivity index (χ1v) is 8.65. The maximum absolute atomic E-state index is 12.7. The highest BCUT2D eigenvalue weighted by Gasteiger charge is 2.27.